The van der Waals surface area contributed by atoms with E-state index in [9.17, 15) is 4.79 Å². The molecule has 1 aliphatic rings. The second-order valence-electron chi connectivity index (χ2n) is 5.18. The van der Waals surface area contributed by atoms with Crippen LogP contribution in [0, 0.1) is 0 Å². The molecule has 1 N–H and O–H groups in total. The molecule has 1 aromatic heterocycles. The average molecular weight is 270 g/mol. The van der Waals surface area contributed by atoms with Crippen molar-refractivity contribution < 1.29 is 9.21 Å². The number of benzene rings is 1. The number of furan rings is 1. The minimum Gasteiger partial charge on any atom is -0.472 e. The Morgan fingerprint density at radius 3 is 3.05 bits per heavy atom. The van der Waals surface area contributed by atoms with E-state index in [1.54, 1.807) is 17.4 Å². The van der Waals surface area contributed by atoms with E-state index in [0.717, 1.165) is 29.8 Å². The van der Waals surface area contributed by atoms with Gasteiger partial charge in [-0.3, -0.25) is 4.79 Å². The zero-order valence-electron chi connectivity index (χ0n) is 11.5. The molecule has 4 nitrogen and oxygen atoms in total. The monoisotopic (exact) mass is 270 g/mol. The zero-order valence-corrected chi connectivity index (χ0v) is 11.5. The summed E-state index contributed by atoms with van der Waals surface area (Å²) in [4.78, 5) is 14.4. The fraction of sp³-hybridized carbons (Fsp3) is 0.312. The molecular weight excluding hydrogens is 252 g/mol. The number of rotatable bonds is 3. The number of carbonyl (C=O) groups excluding carboxylic acids is 1. The summed E-state index contributed by atoms with van der Waals surface area (Å²) in [5.41, 5.74) is 3.19. The number of likely N-dealkylation sites (N-methyl/N-ethyl adjacent to an activating group) is 1. The molecule has 2 heterocycles. The van der Waals surface area contributed by atoms with Gasteiger partial charge in [-0.15, -0.1) is 0 Å². The second-order valence-corrected chi connectivity index (χ2v) is 5.18. The van der Waals surface area contributed by atoms with E-state index < -0.39 is 0 Å². The fourth-order valence-electron chi connectivity index (χ4n) is 2.73. The molecular formula is C16H18N2O2. The first-order valence-corrected chi connectivity index (χ1v) is 6.84. The third-order valence-corrected chi connectivity index (χ3v) is 3.76. The van der Waals surface area contributed by atoms with Crippen molar-refractivity contribution in [3.8, 4) is 0 Å². The van der Waals surface area contributed by atoms with Crippen molar-refractivity contribution in [1.29, 1.82) is 0 Å². The van der Waals surface area contributed by atoms with Gasteiger partial charge < -0.3 is 14.6 Å². The van der Waals surface area contributed by atoms with Crippen molar-refractivity contribution in [2.75, 3.05) is 18.9 Å². The molecule has 0 saturated heterocycles. The van der Waals surface area contributed by atoms with Crippen molar-refractivity contribution >= 4 is 11.6 Å². The largest absolute Gasteiger partial charge is 0.472 e. The van der Waals surface area contributed by atoms with E-state index in [1.165, 1.54) is 0 Å². The number of nitrogens with one attached hydrogen (secondary N) is 1. The second kappa shape index (κ2) is 5.41. The highest BCUT2D eigenvalue weighted by molar-refractivity contribution is 5.86. The van der Waals surface area contributed by atoms with E-state index in [1.807, 2.05) is 37.4 Å². The van der Waals surface area contributed by atoms with Crippen LogP contribution >= 0.6 is 0 Å². The molecule has 104 valence electrons. The molecule has 3 rings (SSSR count). The van der Waals surface area contributed by atoms with Gasteiger partial charge in [-0.1, -0.05) is 18.2 Å². The van der Waals surface area contributed by atoms with Crippen LogP contribution in [0.5, 0.6) is 0 Å². The van der Waals surface area contributed by atoms with Crippen LogP contribution in [-0.2, 0) is 11.3 Å². The van der Waals surface area contributed by atoms with Gasteiger partial charge in [0.2, 0.25) is 5.91 Å². The minimum atomic E-state index is -0.0515. The first kappa shape index (κ1) is 12.8. The van der Waals surface area contributed by atoms with Crippen LogP contribution in [0.25, 0.3) is 0 Å². The Balaban J connectivity index is 1.77. The molecule has 20 heavy (non-hydrogen) atoms. The number of para-hydroxylation sites is 1. The smallest absolute Gasteiger partial charge is 0.230 e. The van der Waals surface area contributed by atoms with Gasteiger partial charge in [-0.25, -0.2) is 0 Å². The Kier molecular flexibility index (Phi) is 3.46. The van der Waals surface area contributed by atoms with Gasteiger partial charge in [0.25, 0.3) is 0 Å². The molecule has 0 saturated carbocycles. The van der Waals surface area contributed by atoms with Crippen LogP contribution in [0.2, 0.25) is 0 Å². The summed E-state index contributed by atoms with van der Waals surface area (Å²) in [6, 6.07) is 9.94. The Labute approximate surface area is 118 Å². The summed E-state index contributed by atoms with van der Waals surface area (Å²) in [5, 5.41) is 3.35. The predicted molar refractivity (Wildman–Crippen MR) is 77.5 cm³/mol. The minimum absolute atomic E-state index is 0.0515. The van der Waals surface area contributed by atoms with Gasteiger partial charge in [0, 0.05) is 31.4 Å². The molecule has 0 fully saturated rings. The summed E-state index contributed by atoms with van der Waals surface area (Å²) in [6.07, 6.45) is 4.15. The molecule has 0 radical (unpaired) electrons. The Morgan fingerprint density at radius 1 is 1.40 bits per heavy atom. The highest BCUT2D eigenvalue weighted by Crippen LogP contribution is 2.32. The SMILES string of the molecule is CN(Cc1ccoc1)C(=O)C1CCNc2ccccc21. The standard InChI is InChI=1S/C16H18N2O2/c1-18(10-12-7-9-20-11-12)16(19)14-6-8-17-15-5-3-2-4-13(14)15/h2-5,7,9,11,14,17H,6,8,10H2,1H3. The molecule has 1 amide bonds. The van der Waals surface area contributed by atoms with Crippen molar-refractivity contribution in [2.45, 2.75) is 18.9 Å². The number of amides is 1. The summed E-state index contributed by atoms with van der Waals surface area (Å²) in [6.45, 7) is 1.42. The molecule has 4 heteroatoms. The summed E-state index contributed by atoms with van der Waals surface area (Å²) in [7, 11) is 1.85. The molecule has 1 aromatic carbocycles. The van der Waals surface area contributed by atoms with Crippen molar-refractivity contribution in [1.82, 2.24) is 4.90 Å². The van der Waals surface area contributed by atoms with E-state index in [2.05, 4.69) is 5.32 Å². The highest BCUT2D eigenvalue weighted by atomic mass is 16.3. The van der Waals surface area contributed by atoms with Crippen molar-refractivity contribution in [3.05, 3.63) is 54.0 Å². The van der Waals surface area contributed by atoms with Gasteiger partial charge in [0.05, 0.1) is 18.4 Å². The van der Waals surface area contributed by atoms with E-state index in [4.69, 9.17) is 4.42 Å². The summed E-state index contributed by atoms with van der Waals surface area (Å²) in [5.74, 6) is 0.115. The highest BCUT2D eigenvalue weighted by Gasteiger charge is 2.28. The number of hydrogen-bond acceptors (Lipinski definition) is 3. The van der Waals surface area contributed by atoms with Gasteiger partial charge in [0.1, 0.15) is 0 Å². The topological polar surface area (TPSA) is 45.5 Å². The molecule has 0 bridgehead atoms. The zero-order chi connectivity index (χ0) is 13.9. The Bertz CT molecular complexity index is 592. The van der Waals surface area contributed by atoms with Crippen LogP contribution < -0.4 is 5.32 Å². The van der Waals surface area contributed by atoms with Gasteiger partial charge in [-0.05, 0) is 24.1 Å². The lowest BCUT2D eigenvalue weighted by molar-refractivity contribution is -0.132. The third kappa shape index (κ3) is 2.41. The first-order chi connectivity index (χ1) is 9.75. The average Bonchev–Trinajstić information content (AvgIpc) is 2.99. The lowest BCUT2D eigenvalue weighted by Gasteiger charge is -2.29. The molecule has 1 atom stereocenters. The molecule has 0 spiro atoms. The van der Waals surface area contributed by atoms with Gasteiger partial charge in [0.15, 0.2) is 0 Å². The number of fused-ring (bicyclic) bond motifs is 1. The normalized spacial score (nSPS) is 17.1. The predicted octanol–water partition coefficient (Wildman–Crippen LogP) is 2.84. The molecule has 1 unspecified atom stereocenters. The van der Waals surface area contributed by atoms with Crippen molar-refractivity contribution in [3.63, 3.8) is 0 Å². The maximum absolute atomic E-state index is 12.7. The van der Waals surface area contributed by atoms with Crippen molar-refractivity contribution in [2.24, 2.45) is 0 Å². The fourth-order valence-corrected chi connectivity index (χ4v) is 2.73. The van der Waals surface area contributed by atoms with Crippen LogP contribution in [0.15, 0.2) is 47.3 Å². The number of nitrogens with zero attached hydrogens (tertiary/aromatic N) is 1. The first-order valence-electron chi connectivity index (χ1n) is 6.84. The maximum Gasteiger partial charge on any atom is 0.230 e. The van der Waals surface area contributed by atoms with E-state index in [0.29, 0.717) is 6.54 Å². The van der Waals surface area contributed by atoms with Crippen LogP contribution in [0.4, 0.5) is 5.69 Å². The number of anilines is 1. The Hall–Kier alpha value is -2.23. The molecule has 1 aliphatic heterocycles. The van der Waals surface area contributed by atoms with E-state index in [-0.39, 0.29) is 11.8 Å². The number of carbonyl (C=O) groups is 1. The number of hydrogen-bond donors (Lipinski definition) is 1. The van der Waals surface area contributed by atoms with Crippen LogP contribution in [0.1, 0.15) is 23.5 Å². The van der Waals surface area contributed by atoms with Gasteiger partial charge >= 0.3 is 0 Å². The summed E-state index contributed by atoms with van der Waals surface area (Å²) >= 11 is 0. The van der Waals surface area contributed by atoms with E-state index >= 15 is 0 Å². The third-order valence-electron chi connectivity index (χ3n) is 3.76. The Morgan fingerprint density at radius 2 is 2.25 bits per heavy atom. The van der Waals surface area contributed by atoms with Gasteiger partial charge in [-0.2, -0.15) is 0 Å². The molecule has 2 aromatic rings. The molecule has 0 aliphatic carbocycles. The maximum atomic E-state index is 12.7. The lowest BCUT2D eigenvalue weighted by atomic mass is 9.90. The summed E-state index contributed by atoms with van der Waals surface area (Å²) < 4.78 is 5.05. The lowest BCUT2D eigenvalue weighted by Crippen LogP contribution is -2.34. The van der Waals surface area contributed by atoms with Crippen LogP contribution in [-0.4, -0.2) is 24.4 Å². The quantitative estimate of drug-likeness (QED) is 0.932. The van der Waals surface area contributed by atoms with Crippen LogP contribution in [0.3, 0.4) is 0 Å².